The van der Waals surface area contributed by atoms with Crippen molar-refractivity contribution in [2.45, 2.75) is 63.8 Å². The quantitative estimate of drug-likeness (QED) is 0.821. The lowest BCUT2D eigenvalue weighted by atomic mass is 9.94. The lowest BCUT2D eigenvalue weighted by Crippen LogP contribution is -2.40. The fourth-order valence-electron chi connectivity index (χ4n) is 4.12. The summed E-state index contributed by atoms with van der Waals surface area (Å²) in [5, 5.41) is 13.5. The van der Waals surface area contributed by atoms with E-state index in [1.165, 1.54) is 12.8 Å². The van der Waals surface area contributed by atoms with Crippen LogP contribution in [0.25, 0.3) is 0 Å². The van der Waals surface area contributed by atoms with E-state index in [0.29, 0.717) is 25.9 Å². The first kappa shape index (κ1) is 19.9. The molecule has 7 nitrogen and oxygen atoms in total. The standard InChI is InChI=1S/C20H32N4O3/c25-15-14-24-13-9-18(21-24)17-6-5-12-23(16-17)20(27)8-7-19(26)22-10-3-1-2-4-11-22/h9,13,17,25H,1-8,10-12,14-16H2. The minimum absolute atomic E-state index is 0.0709. The third-order valence-corrected chi connectivity index (χ3v) is 5.69. The Bertz CT molecular complexity index is 622. The smallest absolute Gasteiger partial charge is 0.223 e. The minimum atomic E-state index is 0.0709. The molecule has 0 saturated carbocycles. The first-order valence-corrected chi connectivity index (χ1v) is 10.4. The van der Waals surface area contributed by atoms with Gasteiger partial charge >= 0.3 is 0 Å². The van der Waals surface area contributed by atoms with Crippen LogP contribution in [0.2, 0.25) is 0 Å². The summed E-state index contributed by atoms with van der Waals surface area (Å²) in [5.41, 5.74) is 0.988. The molecule has 0 aliphatic carbocycles. The van der Waals surface area contributed by atoms with Gasteiger partial charge in [-0.25, -0.2) is 0 Å². The van der Waals surface area contributed by atoms with E-state index in [0.717, 1.165) is 51.0 Å². The van der Waals surface area contributed by atoms with Gasteiger partial charge in [0, 0.05) is 51.1 Å². The molecule has 0 bridgehead atoms. The zero-order valence-electron chi connectivity index (χ0n) is 16.2. The second-order valence-corrected chi connectivity index (χ2v) is 7.70. The number of carbonyl (C=O) groups excluding carboxylic acids is 2. The Balaban J connectivity index is 1.48. The Hall–Kier alpha value is -1.89. The molecule has 0 spiro atoms. The van der Waals surface area contributed by atoms with Crippen LogP contribution >= 0.6 is 0 Å². The molecule has 150 valence electrons. The summed E-state index contributed by atoms with van der Waals surface area (Å²) in [6.07, 6.45) is 9.05. The first-order chi connectivity index (χ1) is 13.2. The van der Waals surface area contributed by atoms with Crippen molar-refractivity contribution in [2.24, 2.45) is 0 Å². The number of piperidine rings is 1. The molecule has 1 aromatic heterocycles. The number of rotatable bonds is 6. The number of nitrogens with zero attached hydrogens (tertiary/aromatic N) is 4. The molecule has 0 aromatic carbocycles. The van der Waals surface area contributed by atoms with Crippen molar-refractivity contribution in [1.82, 2.24) is 19.6 Å². The summed E-state index contributed by atoms with van der Waals surface area (Å²) in [7, 11) is 0. The average Bonchev–Trinajstić information content (AvgIpc) is 2.98. The third kappa shape index (κ3) is 5.54. The number of aliphatic hydroxyl groups excluding tert-OH is 1. The molecule has 7 heteroatoms. The summed E-state index contributed by atoms with van der Waals surface area (Å²) in [4.78, 5) is 28.9. The second-order valence-electron chi connectivity index (χ2n) is 7.70. The van der Waals surface area contributed by atoms with Crippen LogP contribution in [0.15, 0.2) is 12.3 Å². The van der Waals surface area contributed by atoms with Crippen LogP contribution in [0, 0.1) is 0 Å². The molecule has 27 heavy (non-hydrogen) atoms. The molecule has 2 aliphatic heterocycles. The first-order valence-electron chi connectivity index (χ1n) is 10.4. The van der Waals surface area contributed by atoms with Gasteiger partial charge in [-0.2, -0.15) is 5.10 Å². The Morgan fingerprint density at radius 3 is 2.37 bits per heavy atom. The SMILES string of the molecule is O=C(CCC(=O)N1CCCC(c2ccn(CCO)n2)C1)N1CCCCCC1. The van der Waals surface area contributed by atoms with Gasteiger partial charge in [-0.3, -0.25) is 14.3 Å². The van der Waals surface area contributed by atoms with Crippen molar-refractivity contribution in [3.8, 4) is 0 Å². The molecule has 1 N–H and O–H groups in total. The van der Waals surface area contributed by atoms with E-state index in [-0.39, 0.29) is 24.3 Å². The zero-order chi connectivity index (χ0) is 19.1. The van der Waals surface area contributed by atoms with Gasteiger partial charge in [-0.1, -0.05) is 12.8 Å². The van der Waals surface area contributed by atoms with Gasteiger partial charge in [-0.05, 0) is 31.7 Å². The monoisotopic (exact) mass is 376 g/mol. The van der Waals surface area contributed by atoms with E-state index in [1.807, 2.05) is 22.1 Å². The van der Waals surface area contributed by atoms with Crippen LogP contribution in [0.1, 0.15) is 63.0 Å². The Kier molecular flexibility index (Phi) is 7.26. The molecule has 2 fully saturated rings. The second kappa shape index (κ2) is 9.88. The van der Waals surface area contributed by atoms with Crippen molar-refractivity contribution >= 4 is 11.8 Å². The van der Waals surface area contributed by atoms with E-state index in [9.17, 15) is 9.59 Å². The highest BCUT2D eigenvalue weighted by molar-refractivity contribution is 5.84. The maximum Gasteiger partial charge on any atom is 0.223 e. The number of hydrogen-bond acceptors (Lipinski definition) is 4. The van der Waals surface area contributed by atoms with Gasteiger partial charge in [0.1, 0.15) is 0 Å². The zero-order valence-corrected chi connectivity index (χ0v) is 16.2. The van der Waals surface area contributed by atoms with Gasteiger partial charge in [0.05, 0.1) is 18.8 Å². The van der Waals surface area contributed by atoms with E-state index >= 15 is 0 Å². The number of likely N-dealkylation sites (tertiary alicyclic amines) is 2. The minimum Gasteiger partial charge on any atom is -0.394 e. The van der Waals surface area contributed by atoms with Crippen LogP contribution < -0.4 is 0 Å². The van der Waals surface area contributed by atoms with Crippen molar-refractivity contribution in [3.05, 3.63) is 18.0 Å². The van der Waals surface area contributed by atoms with Crippen LogP contribution in [0.3, 0.4) is 0 Å². The Morgan fingerprint density at radius 1 is 1.00 bits per heavy atom. The molecule has 1 unspecified atom stereocenters. The summed E-state index contributed by atoms with van der Waals surface area (Å²) >= 11 is 0. The van der Waals surface area contributed by atoms with E-state index < -0.39 is 0 Å². The number of carbonyl (C=O) groups is 2. The Labute approximate surface area is 161 Å². The molecule has 0 radical (unpaired) electrons. The third-order valence-electron chi connectivity index (χ3n) is 5.69. The van der Waals surface area contributed by atoms with E-state index in [2.05, 4.69) is 5.10 Å². The highest BCUT2D eigenvalue weighted by atomic mass is 16.3. The number of aromatic nitrogens is 2. The van der Waals surface area contributed by atoms with Gasteiger partial charge in [0.2, 0.25) is 11.8 Å². The highest BCUT2D eigenvalue weighted by Gasteiger charge is 2.27. The molecule has 2 amide bonds. The maximum atomic E-state index is 12.6. The van der Waals surface area contributed by atoms with Crippen molar-refractivity contribution < 1.29 is 14.7 Å². The molecule has 3 heterocycles. The van der Waals surface area contributed by atoms with Gasteiger partial charge in [0.15, 0.2) is 0 Å². The molecule has 2 aliphatic rings. The summed E-state index contributed by atoms with van der Waals surface area (Å²) in [6.45, 7) is 3.69. The number of amides is 2. The summed E-state index contributed by atoms with van der Waals surface area (Å²) in [5.74, 6) is 0.447. The number of aliphatic hydroxyl groups is 1. The van der Waals surface area contributed by atoms with Crippen LogP contribution in [0.4, 0.5) is 0 Å². The lowest BCUT2D eigenvalue weighted by molar-refractivity contribution is -0.137. The molecular formula is C20H32N4O3. The maximum absolute atomic E-state index is 12.6. The summed E-state index contributed by atoms with van der Waals surface area (Å²) < 4.78 is 1.75. The highest BCUT2D eigenvalue weighted by Crippen LogP contribution is 2.26. The summed E-state index contributed by atoms with van der Waals surface area (Å²) in [6, 6.07) is 1.98. The topological polar surface area (TPSA) is 78.7 Å². The molecular weight excluding hydrogens is 344 g/mol. The molecule has 1 atom stereocenters. The van der Waals surface area contributed by atoms with Crippen molar-refractivity contribution in [3.63, 3.8) is 0 Å². The van der Waals surface area contributed by atoms with Crippen LogP contribution in [0.5, 0.6) is 0 Å². The van der Waals surface area contributed by atoms with Crippen molar-refractivity contribution in [2.75, 3.05) is 32.8 Å². The number of hydrogen-bond donors (Lipinski definition) is 1. The lowest BCUT2D eigenvalue weighted by Gasteiger charge is -2.32. The van der Waals surface area contributed by atoms with Gasteiger partial charge < -0.3 is 14.9 Å². The van der Waals surface area contributed by atoms with Crippen molar-refractivity contribution in [1.29, 1.82) is 0 Å². The predicted octanol–water partition coefficient (Wildman–Crippen LogP) is 1.76. The van der Waals surface area contributed by atoms with E-state index in [1.54, 1.807) is 4.68 Å². The fourth-order valence-corrected chi connectivity index (χ4v) is 4.12. The largest absolute Gasteiger partial charge is 0.394 e. The van der Waals surface area contributed by atoms with Crippen LogP contribution in [-0.2, 0) is 16.1 Å². The fraction of sp³-hybridized carbons (Fsp3) is 0.750. The van der Waals surface area contributed by atoms with Gasteiger partial charge in [0.25, 0.3) is 0 Å². The molecule has 1 aromatic rings. The normalized spacial score (nSPS) is 21.1. The average molecular weight is 377 g/mol. The van der Waals surface area contributed by atoms with Crippen LogP contribution in [-0.4, -0.2) is 69.3 Å². The van der Waals surface area contributed by atoms with E-state index in [4.69, 9.17) is 5.11 Å². The Morgan fingerprint density at radius 2 is 1.67 bits per heavy atom. The molecule has 2 saturated heterocycles. The van der Waals surface area contributed by atoms with Gasteiger partial charge in [-0.15, -0.1) is 0 Å². The molecule has 3 rings (SSSR count). The predicted molar refractivity (Wildman–Crippen MR) is 102 cm³/mol.